The maximum atomic E-state index is 2.32. The monoisotopic (exact) mass is 298 g/mol. The van der Waals surface area contributed by atoms with Gasteiger partial charge in [-0.15, -0.1) is 0 Å². The smallest absolute Gasteiger partial charge is 0.200 e. The maximum absolute atomic E-state index is 2.32. The number of benzene rings is 3. The number of fused-ring (bicyclic) bond motifs is 2. The van der Waals surface area contributed by atoms with Gasteiger partial charge >= 0.3 is 0 Å². The Labute approximate surface area is 136 Å². The molecule has 1 aromatic heterocycles. The summed E-state index contributed by atoms with van der Waals surface area (Å²) in [6.07, 6.45) is 2.16. The number of rotatable bonds is 1. The highest BCUT2D eigenvalue weighted by molar-refractivity contribution is 5.97. The Balaban J connectivity index is 2.09. The molecule has 1 heterocycles. The molecule has 1 nitrogen and oxygen atoms in total. The molecule has 3 aromatic carbocycles. The molecule has 0 amide bonds. The van der Waals surface area contributed by atoms with E-state index in [1.165, 1.54) is 43.9 Å². The van der Waals surface area contributed by atoms with E-state index in [1.807, 2.05) is 0 Å². The average Bonchev–Trinajstić information content (AvgIpc) is 2.55. The lowest BCUT2D eigenvalue weighted by Crippen LogP contribution is -2.30. The van der Waals surface area contributed by atoms with Crippen molar-refractivity contribution in [2.24, 2.45) is 7.05 Å². The summed E-state index contributed by atoms with van der Waals surface area (Å²) in [4.78, 5) is 0. The summed E-state index contributed by atoms with van der Waals surface area (Å²) in [5.74, 6) is 0. The van der Waals surface area contributed by atoms with Crippen LogP contribution in [0.3, 0.4) is 0 Å². The van der Waals surface area contributed by atoms with E-state index in [1.54, 1.807) is 0 Å². The van der Waals surface area contributed by atoms with Crippen molar-refractivity contribution in [3.8, 4) is 11.3 Å². The topological polar surface area (TPSA) is 3.88 Å². The van der Waals surface area contributed by atoms with Gasteiger partial charge in [0.15, 0.2) is 6.20 Å². The molecule has 23 heavy (non-hydrogen) atoms. The second kappa shape index (κ2) is 5.20. The molecule has 1 heteroatoms. The van der Waals surface area contributed by atoms with Crippen LogP contribution < -0.4 is 4.57 Å². The fraction of sp³-hybridized carbons (Fsp3) is 0.136. The third-order valence-corrected chi connectivity index (χ3v) is 4.64. The highest BCUT2D eigenvalue weighted by Gasteiger charge is 2.17. The average molecular weight is 298 g/mol. The van der Waals surface area contributed by atoms with Gasteiger partial charge < -0.3 is 0 Å². The first-order chi connectivity index (χ1) is 11.1. The van der Waals surface area contributed by atoms with E-state index in [0.29, 0.717) is 0 Å². The fourth-order valence-electron chi connectivity index (χ4n) is 3.44. The van der Waals surface area contributed by atoms with Crippen LogP contribution in [-0.4, -0.2) is 0 Å². The van der Waals surface area contributed by atoms with E-state index < -0.39 is 0 Å². The van der Waals surface area contributed by atoms with Gasteiger partial charge in [-0.1, -0.05) is 48.0 Å². The lowest BCUT2D eigenvalue weighted by Gasteiger charge is -2.10. The number of hydrogen-bond acceptors (Lipinski definition) is 0. The standard InChI is InChI=1S/C22H20N/c1-15-8-9-20-19(12-15)10-11-23(3)22(20)21-14-18-7-5-4-6-17(18)13-16(21)2/h4-14H,1-3H3/q+1. The van der Waals surface area contributed by atoms with Crippen LogP contribution in [0.1, 0.15) is 11.1 Å². The maximum Gasteiger partial charge on any atom is 0.220 e. The van der Waals surface area contributed by atoms with E-state index in [4.69, 9.17) is 0 Å². The summed E-state index contributed by atoms with van der Waals surface area (Å²) in [5.41, 5.74) is 5.20. The predicted octanol–water partition coefficient (Wildman–Crippen LogP) is 5.10. The molecule has 0 bridgehead atoms. The Hall–Kier alpha value is -2.67. The molecule has 0 N–H and O–H groups in total. The highest BCUT2D eigenvalue weighted by atomic mass is 14.9. The zero-order valence-corrected chi connectivity index (χ0v) is 13.8. The van der Waals surface area contributed by atoms with Crippen LogP contribution in [0.4, 0.5) is 0 Å². The Morgan fingerprint density at radius 2 is 1.48 bits per heavy atom. The SMILES string of the molecule is Cc1ccc2c(-c3cc4ccccc4cc3C)[n+](C)ccc2c1. The molecule has 0 atom stereocenters. The lowest BCUT2D eigenvalue weighted by molar-refractivity contribution is -0.659. The van der Waals surface area contributed by atoms with Crippen LogP contribution in [0.5, 0.6) is 0 Å². The fourth-order valence-corrected chi connectivity index (χ4v) is 3.44. The van der Waals surface area contributed by atoms with Crippen LogP contribution in [0, 0.1) is 13.8 Å². The Morgan fingerprint density at radius 1 is 0.739 bits per heavy atom. The van der Waals surface area contributed by atoms with E-state index in [0.717, 1.165) is 0 Å². The van der Waals surface area contributed by atoms with Crippen molar-refractivity contribution in [2.45, 2.75) is 13.8 Å². The molecule has 4 aromatic rings. The molecular formula is C22H20N+. The van der Waals surface area contributed by atoms with Crippen LogP contribution in [0.15, 0.2) is 66.9 Å². The summed E-state index contributed by atoms with van der Waals surface area (Å²) >= 11 is 0. The van der Waals surface area contributed by atoms with E-state index in [9.17, 15) is 0 Å². The number of hydrogen-bond donors (Lipinski definition) is 0. The van der Waals surface area contributed by atoms with Crippen molar-refractivity contribution in [3.63, 3.8) is 0 Å². The number of aromatic nitrogens is 1. The molecule has 0 aliphatic heterocycles. The second-order valence-electron chi connectivity index (χ2n) is 6.38. The predicted molar refractivity (Wildman–Crippen MR) is 97.5 cm³/mol. The third kappa shape index (κ3) is 2.29. The van der Waals surface area contributed by atoms with Gasteiger partial charge in [0.2, 0.25) is 5.69 Å². The lowest BCUT2D eigenvalue weighted by atomic mass is 9.95. The third-order valence-electron chi connectivity index (χ3n) is 4.64. The van der Waals surface area contributed by atoms with Gasteiger partial charge in [-0.25, -0.2) is 4.57 Å². The minimum atomic E-state index is 1.28. The molecule has 4 rings (SSSR count). The molecule has 0 saturated heterocycles. The molecule has 0 unspecified atom stereocenters. The van der Waals surface area contributed by atoms with Crippen LogP contribution >= 0.6 is 0 Å². The Kier molecular flexibility index (Phi) is 3.16. The van der Waals surface area contributed by atoms with Gasteiger partial charge in [-0.3, -0.25) is 0 Å². The summed E-state index contributed by atoms with van der Waals surface area (Å²) in [7, 11) is 2.13. The molecule has 0 radical (unpaired) electrons. The first-order valence-corrected chi connectivity index (χ1v) is 8.02. The molecule has 0 fully saturated rings. The van der Waals surface area contributed by atoms with Gasteiger partial charge in [0, 0.05) is 6.07 Å². The zero-order chi connectivity index (χ0) is 16.0. The Morgan fingerprint density at radius 3 is 2.26 bits per heavy atom. The van der Waals surface area contributed by atoms with Gasteiger partial charge in [0.1, 0.15) is 7.05 Å². The summed E-state index contributed by atoms with van der Waals surface area (Å²) in [5, 5.41) is 5.19. The largest absolute Gasteiger partial charge is 0.220 e. The molecule has 0 spiro atoms. The van der Waals surface area contributed by atoms with Crippen molar-refractivity contribution in [1.29, 1.82) is 0 Å². The minimum Gasteiger partial charge on any atom is -0.200 e. The highest BCUT2D eigenvalue weighted by Crippen LogP contribution is 2.31. The quantitative estimate of drug-likeness (QED) is 0.430. The van der Waals surface area contributed by atoms with Crippen molar-refractivity contribution < 1.29 is 4.57 Å². The summed E-state index contributed by atoms with van der Waals surface area (Å²) < 4.78 is 2.23. The summed E-state index contributed by atoms with van der Waals surface area (Å²) in [6, 6.07) is 22.1. The van der Waals surface area contributed by atoms with Crippen molar-refractivity contribution in [1.82, 2.24) is 0 Å². The van der Waals surface area contributed by atoms with Gasteiger partial charge in [0.25, 0.3) is 0 Å². The van der Waals surface area contributed by atoms with Gasteiger partial charge in [-0.05, 0) is 47.7 Å². The summed E-state index contributed by atoms with van der Waals surface area (Å²) in [6.45, 7) is 4.35. The molecular weight excluding hydrogens is 278 g/mol. The molecule has 112 valence electrons. The van der Waals surface area contributed by atoms with Crippen molar-refractivity contribution in [2.75, 3.05) is 0 Å². The van der Waals surface area contributed by atoms with Crippen molar-refractivity contribution in [3.05, 3.63) is 78.0 Å². The van der Waals surface area contributed by atoms with Crippen molar-refractivity contribution >= 4 is 21.5 Å². The van der Waals surface area contributed by atoms with E-state index in [2.05, 4.69) is 92.3 Å². The molecule has 0 saturated carbocycles. The van der Waals surface area contributed by atoms with Crippen LogP contribution in [0.2, 0.25) is 0 Å². The minimum absolute atomic E-state index is 1.28. The van der Waals surface area contributed by atoms with E-state index >= 15 is 0 Å². The number of aryl methyl sites for hydroxylation is 3. The number of pyridine rings is 1. The second-order valence-corrected chi connectivity index (χ2v) is 6.38. The van der Waals surface area contributed by atoms with Crippen LogP contribution in [0.25, 0.3) is 32.8 Å². The van der Waals surface area contributed by atoms with Gasteiger partial charge in [-0.2, -0.15) is 0 Å². The van der Waals surface area contributed by atoms with Crippen LogP contribution in [-0.2, 0) is 7.05 Å². The van der Waals surface area contributed by atoms with Gasteiger partial charge in [0.05, 0.1) is 10.9 Å². The number of nitrogens with zero attached hydrogens (tertiary/aromatic N) is 1. The van der Waals surface area contributed by atoms with E-state index in [-0.39, 0.29) is 0 Å². The molecule has 0 aliphatic carbocycles. The Bertz CT molecular complexity index is 1040. The molecule has 0 aliphatic rings. The first-order valence-electron chi connectivity index (χ1n) is 8.02. The normalized spacial score (nSPS) is 11.3. The first kappa shape index (κ1) is 14.0. The zero-order valence-electron chi connectivity index (χ0n) is 13.8.